The summed E-state index contributed by atoms with van der Waals surface area (Å²) in [4.78, 5) is 48.5. The van der Waals surface area contributed by atoms with Crippen LogP contribution in [-0.2, 0) is 17.1 Å². The van der Waals surface area contributed by atoms with Crippen LogP contribution in [-0.4, -0.2) is 43.9 Å². The summed E-state index contributed by atoms with van der Waals surface area (Å²) in [6.45, 7) is 0. The third-order valence-electron chi connectivity index (χ3n) is 4.14. The van der Waals surface area contributed by atoms with Crippen LogP contribution in [0.25, 0.3) is 0 Å². The minimum absolute atomic E-state index is 0. The number of carboxylic acid groups (broad SMARTS) is 2. The molecule has 4 aromatic rings. The molecule has 0 atom stereocenters. The molecule has 0 aliphatic rings. The molecule has 1 radical (unpaired) electrons. The van der Waals surface area contributed by atoms with Gasteiger partial charge in [-0.2, -0.15) is 0 Å². The van der Waals surface area contributed by atoms with Gasteiger partial charge in [-0.25, -0.2) is 0 Å². The van der Waals surface area contributed by atoms with Crippen LogP contribution in [0.3, 0.4) is 0 Å². The largest absolute Gasteiger partial charge is 2.00 e. The molecule has 39 heavy (non-hydrogen) atoms. The predicted molar refractivity (Wildman–Crippen MR) is 130 cm³/mol. The Kier molecular flexibility index (Phi) is 15.6. The molecule has 6 N–H and O–H groups in total. The van der Waals surface area contributed by atoms with Crippen LogP contribution in [0, 0.1) is 0 Å². The van der Waals surface area contributed by atoms with Gasteiger partial charge in [-0.3, -0.25) is 19.6 Å². The van der Waals surface area contributed by atoms with Crippen LogP contribution in [0.2, 0.25) is 0 Å². The van der Waals surface area contributed by atoms with Crippen LogP contribution in [0.4, 0.5) is 0 Å². The fourth-order valence-electron chi connectivity index (χ4n) is 2.31. The van der Waals surface area contributed by atoms with Crippen LogP contribution < -0.4 is 21.7 Å². The van der Waals surface area contributed by atoms with Gasteiger partial charge >= 0.3 is 17.1 Å². The maximum atomic E-state index is 10.4. The average molecular weight is 582 g/mol. The Hall–Kier alpha value is -5.26. The van der Waals surface area contributed by atoms with E-state index in [9.17, 15) is 29.4 Å². The van der Waals surface area contributed by atoms with Crippen molar-refractivity contribution in [1.82, 2.24) is 9.97 Å². The number of carboxylic acids is 2. The van der Waals surface area contributed by atoms with E-state index in [1.807, 2.05) is 0 Å². The van der Waals surface area contributed by atoms with E-state index in [1.165, 1.54) is 48.8 Å². The molecule has 2 aromatic carbocycles. The molecule has 0 bridgehead atoms. The number of primary amides is 2. The van der Waals surface area contributed by atoms with Gasteiger partial charge in [-0.05, 0) is 48.5 Å². The zero-order chi connectivity index (χ0) is 28.5. The summed E-state index contributed by atoms with van der Waals surface area (Å²) in [5, 5.41) is 38.0. The Morgan fingerprint density at radius 2 is 0.923 bits per heavy atom. The number of carbonyl (C=O) groups excluding carboxylic acids is 4. The van der Waals surface area contributed by atoms with Gasteiger partial charge in [0.15, 0.2) is 0 Å². The van der Waals surface area contributed by atoms with E-state index in [4.69, 9.17) is 21.7 Å². The average Bonchev–Trinajstić information content (AvgIpc) is 2.91. The van der Waals surface area contributed by atoms with E-state index in [0.29, 0.717) is 11.1 Å². The number of rotatable bonds is 4. The number of pyridine rings is 2. The first-order chi connectivity index (χ1) is 18.0. The molecule has 2 amide bonds. The fourth-order valence-corrected chi connectivity index (χ4v) is 2.31. The predicted octanol–water partition coefficient (Wildman–Crippen LogP) is -0.130. The van der Waals surface area contributed by atoms with Crippen LogP contribution in [0.5, 0.6) is 11.5 Å². The maximum Gasteiger partial charge on any atom is 2.00 e. The van der Waals surface area contributed by atoms with E-state index in [-0.39, 0.29) is 39.7 Å². The minimum Gasteiger partial charge on any atom is -0.545 e. The van der Waals surface area contributed by atoms with Crippen molar-refractivity contribution in [2.24, 2.45) is 11.5 Å². The normalized spacial score (nSPS) is 8.82. The first-order valence-corrected chi connectivity index (χ1v) is 10.4. The summed E-state index contributed by atoms with van der Waals surface area (Å²) in [6.07, 6.45) is 6.05. The monoisotopic (exact) mass is 581 g/mol. The Morgan fingerprint density at radius 1 is 0.590 bits per heavy atom. The summed E-state index contributed by atoms with van der Waals surface area (Å²) in [6, 6.07) is 17.9. The van der Waals surface area contributed by atoms with Gasteiger partial charge in [-0.15, -0.1) is 0 Å². The summed E-state index contributed by atoms with van der Waals surface area (Å²) < 4.78 is 0. The van der Waals surface area contributed by atoms with Crippen molar-refractivity contribution >= 4 is 23.8 Å². The molecule has 0 saturated carbocycles. The van der Waals surface area contributed by atoms with Crippen molar-refractivity contribution in [1.29, 1.82) is 0 Å². The van der Waals surface area contributed by atoms with Crippen molar-refractivity contribution in [2.45, 2.75) is 0 Å². The third-order valence-corrected chi connectivity index (χ3v) is 4.14. The zero-order valence-electron chi connectivity index (χ0n) is 19.9. The number of amides is 2. The van der Waals surface area contributed by atoms with Gasteiger partial charge in [0.1, 0.15) is 11.5 Å². The Balaban J connectivity index is 0.000000490. The molecule has 4 rings (SSSR count). The second kappa shape index (κ2) is 18.1. The summed E-state index contributed by atoms with van der Waals surface area (Å²) >= 11 is 0. The van der Waals surface area contributed by atoms with E-state index in [0.717, 1.165) is 0 Å². The minimum atomic E-state index is -1.36. The topological polar surface area (TPSA) is 233 Å². The molecule has 0 saturated heterocycles. The Bertz CT molecular complexity index is 1250. The van der Waals surface area contributed by atoms with E-state index in [1.54, 1.807) is 48.8 Å². The number of benzene rings is 2. The first kappa shape index (κ1) is 33.7. The number of hydrogen-bond acceptors (Lipinski definition) is 10. The maximum absolute atomic E-state index is 10.4. The third kappa shape index (κ3) is 13.0. The molecule has 13 heteroatoms. The number of carbonyl (C=O) groups is 4. The second-order valence-electron chi connectivity index (χ2n) is 6.82. The Morgan fingerprint density at radius 3 is 1.10 bits per heavy atom. The summed E-state index contributed by atoms with van der Waals surface area (Å²) in [7, 11) is 0. The molecule has 0 aliphatic heterocycles. The Labute approximate surface area is 233 Å². The van der Waals surface area contributed by atoms with Gasteiger partial charge in [0.05, 0.1) is 23.1 Å². The zero-order valence-corrected chi connectivity index (χ0v) is 20.9. The summed E-state index contributed by atoms with van der Waals surface area (Å²) in [5.74, 6) is -4.13. The van der Waals surface area contributed by atoms with Crippen molar-refractivity contribution in [3.05, 3.63) is 120 Å². The number of hydrogen-bond donors (Lipinski definition) is 4. The molecule has 12 nitrogen and oxygen atoms in total. The molecule has 205 valence electrons. The van der Waals surface area contributed by atoms with E-state index in [2.05, 4.69) is 9.97 Å². The quantitative estimate of drug-likeness (QED) is 0.233. The van der Waals surface area contributed by atoms with Crippen LogP contribution in [0.1, 0.15) is 41.4 Å². The number of nitrogens with two attached hydrogens (primary N) is 2. The van der Waals surface area contributed by atoms with Gasteiger partial charge in [0.2, 0.25) is 11.8 Å². The first-order valence-electron chi connectivity index (χ1n) is 10.4. The molecular formula is C26H22CuN4O8. The van der Waals surface area contributed by atoms with Crippen LogP contribution in [0.15, 0.2) is 97.6 Å². The van der Waals surface area contributed by atoms with Gasteiger partial charge in [0.25, 0.3) is 0 Å². The molecule has 2 aromatic heterocycles. The molecule has 2 heterocycles. The molecule has 0 aliphatic carbocycles. The van der Waals surface area contributed by atoms with Crippen LogP contribution >= 0.6 is 0 Å². The number of aromatic hydroxyl groups is 2. The molecular weight excluding hydrogens is 560 g/mol. The second-order valence-corrected chi connectivity index (χ2v) is 6.82. The smallest absolute Gasteiger partial charge is 0.545 e. The van der Waals surface area contributed by atoms with Gasteiger partial charge in [0, 0.05) is 35.9 Å². The SMILES string of the molecule is NC(=O)c1cccnc1.NC(=O)c1cccnc1.O=C([O-])c1ccccc1O.O=C([O-])c1ccccc1O.[Cu+2]. The van der Waals surface area contributed by atoms with Crippen molar-refractivity contribution in [3.63, 3.8) is 0 Å². The van der Waals surface area contributed by atoms with Gasteiger partial charge in [-0.1, -0.05) is 24.3 Å². The number of nitrogens with zero attached hydrogens (tertiary/aromatic N) is 2. The van der Waals surface area contributed by atoms with Crippen molar-refractivity contribution in [3.8, 4) is 11.5 Å². The molecule has 0 spiro atoms. The standard InChI is InChI=1S/2C7H6O3.2C6H6N2O.Cu/c2*8-6-4-2-1-3-5(6)7(9)10;2*7-6(9)5-2-1-3-8-4-5;/h2*1-4,8H,(H,9,10);2*1-4H,(H2,7,9);/q;;;;+2/p-2. The summed E-state index contributed by atoms with van der Waals surface area (Å²) in [5.41, 5.74) is 10.4. The number of aromatic carboxylic acids is 2. The fraction of sp³-hybridized carbons (Fsp3) is 0. The molecule has 0 fully saturated rings. The number of para-hydroxylation sites is 2. The van der Waals surface area contributed by atoms with E-state index >= 15 is 0 Å². The van der Waals surface area contributed by atoms with Crippen molar-refractivity contribution in [2.75, 3.05) is 0 Å². The van der Waals surface area contributed by atoms with E-state index < -0.39 is 23.8 Å². The van der Waals surface area contributed by atoms with Crippen molar-refractivity contribution < 1.29 is 56.7 Å². The number of aromatic nitrogens is 2. The van der Waals surface area contributed by atoms with Gasteiger partial charge < -0.3 is 41.5 Å². The number of phenols is 2. The molecule has 0 unspecified atom stereocenters.